The molecule has 2 aromatic rings. The lowest BCUT2D eigenvalue weighted by molar-refractivity contribution is 0.471. The summed E-state index contributed by atoms with van der Waals surface area (Å²) < 4.78 is 0. The molecule has 0 spiro atoms. The van der Waals surface area contributed by atoms with E-state index in [1.165, 1.54) is 12.1 Å². The Morgan fingerprint density at radius 2 is 1.17 bits per heavy atom. The van der Waals surface area contributed by atoms with E-state index >= 15 is 0 Å². The fourth-order valence-corrected chi connectivity index (χ4v) is 1.71. The molecule has 6 heteroatoms. The lowest BCUT2D eigenvalue weighted by atomic mass is 10.1. The van der Waals surface area contributed by atoms with Crippen LogP contribution in [-0.2, 0) is 12.8 Å². The summed E-state index contributed by atoms with van der Waals surface area (Å²) in [6.45, 7) is 0. The van der Waals surface area contributed by atoms with Gasteiger partial charge in [0.15, 0.2) is 0 Å². The molecule has 0 unspecified atom stereocenters. The van der Waals surface area contributed by atoms with E-state index in [4.69, 9.17) is 0 Å². The number of aromatic amines is 2. The number of H-pyrrole nitrogens is 2. The molecular weight excluding hydrogens is 236 g/mol. The fourth-order valence-electron chi connectivity index (χ4n) is 1.71. The maximum atomic E-state index is 11.1. The molecule has 18 heavy (non-hydrogen) atoms. The summed E-state index contributed by atoms with van der Waals surface area (Å²) in [7, 11) is 0. The third-order valence-corrected chi connectivity index (χ3v) is 2.43. The maximum absolute atomic E-state index is 11.1. The predicted octanol–water partition coefficient (Wildman–Crippen LogP) is 0.260. The normalized spacial score (nSPS) is 10.4. The number of aromatic nitrogens is 2. The molecule has 2 heterocycles. The van der Waals surface area contributed by atoms with Crippen LogP contribution in [0.25, 0.3) is 0 Å². The van der Waals surface area contributed by atoms with Crippen molar-refractivity contribution in [1.82, 2.24) is 9.97 Å². The molecule has 0 aromatic carbocycles. The van der Waals surface area contributed by atoms with E-state index in [2.05, 4.69) is 9.97 Å². The molecule has 0 atom stereocenters. The zero-order valence-corrected chi connectivity index (χ0v) is 9.43. The highest BCUT2D eigenvalue weighted by Gasteiger charge is 2.02. The van der Waals surface area contributed by atoms with Gasteiger partial charge in [0.2, 0.25) is 0 Å². The van der Waals surface area contributed by atoms with Gasteiger partial charge in [0.25, 0.3) is 11.1 Å². The van der Waals surface area contributed by atoms with E-state index in [9.17, 15) is 19.8 Å². The first-order chi connectivity index (χ1) is 8.52. The number of hydrogen-bond donors (Lipinski definition) is 4. The summed E-state index contributed by atoms with van der Waals surface area (Å²) in [5.74, 6) is -0.198. The van der Waals surface area contributed by atoms with Crippen LogP contribution < -0.4 is 11.1 Å². The van der Waals surface area contributed by atoms with Gasteiger partial charge in [-0.2, -0.15) is 0 Å². The lowest BCUT2D eigenvalue weighted by Crippen LogP contribution is -2.10. The Morgan fingerprint density at radius 3 is 1.50 bits per heavy atom. The van der Waals surface area contributed by atoms with Crippen molar-refractivity contribution < 1.29 is 10.2 Å². The molecule has 94 valence electrons. The maximum Gasteiger partial charge on any atom is 0.251 e. The van der Waals surface area contributed by atoms with E-state index in [0.717, 1.165) is 12.1 Å². The van der Waals surface area contributed by atoms with Gasteiger partial charge < -0.3 is 20.2 Å². The van der Waals surface area contributed by atoms with Crippen LogP contribution in [0.1, 0.15) is 11.4 Å². The van der Waals surface area contributed by atoms with Crippen LogP contribution in [0.15, 0.2) is 33.9 Å². The molecule has 0 aliphatic heterocycles. The van der Waals surface area contributed by atoms with Crippen LogP contribution in [-0.4, -0.2) is 20.2 Å². The van der Waals surface area contributed by atoms with Gasteiger partial charge in [-0.05, 0) is 25.0 Å². The highest BCUT2D eigenvalue weighted by atomic mass is 16.3. The number of aryl methyl sites for hydroxylation is 2. The van der Waals surface area contributed by atoms with Crippen LogP contribution in [0.3, 0.4) is 0 Å². The summed E-state index contributed by atoms with van der Waals surface area (Å²) in [6.07, 6.45) is 0.867. The molecule has 0 amide bonds. The van der Waals surface area contributed by atoms with Gasteiger partial charge in [0.1, 0.15) is 11.5 Å². The third-order valence-electron chi connectivity index (χ3n) is 2.43. The molecule has 4 N–H and O–H groups in total. The topological polar surface area (TPSA) is 106 Å². The van der Waals surface area contributed by atoms with Gasteiger partial charge in [-0.15, -0.1) is 0 Å². The zero-order valence-electron chi connectivity index (χ0n) is 9.43. The van der Waals surface area contributed by atoms with E-state index in [1.54, 1.807) is 0 Å². The van der Waals surface area contributed by atoms with Crippen LogP contribution in [0.5, 0.6) is 11.5 Å². The quantitative estimate of drug-likeness (QED) is 0.625. The molecule has 0 fully saturated rings. The van der Waals surface area contributed by atoms with Crippen molar-refractivity contribution in [3.8, 4) is 11.5 Å². The molecule has 0 radical (unpaired) electrons. The Hall–Kier alpha value is -2.50. The molecular formula is C12H12N2O4. The monoisotopic (exact) mass is 248 g/mol. The van der Waals surface area contributed by atoms with Gasteiger partial charge in [0.05, 0.1) is 0 Å². The van der Waals surface area contributed by atoms with Gasteiger partial charge in [-0.1, -0.05) is 0 Å². The summed E-state index contributed by atoms with van der Waals surface area (Å²) in [4.78, 5) is 27.4. The predicted molar refractivity (Wildman–Crippen MR) is 64.9 cm³/mol. The first-order valence-corrected chi connectivity index (χ1v) is 5.37. The highest BCUT2D eigenvalue weighted by Crippen LogP contribution is 2.10. The minimum absolute atomic E-state index is 0.0989. The fraction of sp³-hybridized carbons (Fsp3) is 0.167. The van der Waals surface area contributed by atoms with Crippen molar-refractivity contribution in [1.29, 1.82) is 0 Å². The number of pyridine rings is 2. The first-order valence-electron chi connectivity index (χ1n) is 5.37. The smallest absolute Gasteiger partial charge is 0.251 e. The molecule has 6 nitrogen and oxygen atoms in total. The summed E-state index contributed by atoms with van der Waals surface area (Å²) in [5, 5.41) is 18.5. The van der Waals surface area contributed by atoms with E-state index in [-0.39, 0.29) is 22.6 Å². The highest BCUT2D eigenvalue weighted by molar-refractivity contribution is 5.23. The lowest BCUT2D eigenvalue weighted by Gasteiger charge is -2.03. The Labute approximate surface area is 102 Å². The van der Waals surface area contributed by atoms with Crippen molar-refractivity contribution in [2.75, 3.05) is 0 Å². The van der Waals surface area contributed by atoms with Gasteiger partial charge in [0, 0.05) is 23.5 Å². The Morgan fingerprint density at radius 1 is 0.778 bits per heavy atom. The molecule has 2 rings (SSSR count). The molecule has 2 aromatic heterocycles. The minimum Gasteiger partial charge on any atom is -0.508 e. The third kappa shape index (κ3) is 3.00. The number of hydrogen-bond acceptors (Lipinski definition) is 4. The average molecular weight is 248 g/mol. The van der Waals surface area contributed by atoms with Crippen molar-refractivity contribution in [2.45, 2.75) is 12.8 Å². The number of rotatable bonds is 3. The van der Waals surface area contributed by atoms with Crippen molar-refractivity contribution >= 4 is 0 Å². The van der Waals surface area contributed by atoms with E-state index in [1.807, 2.05) is 0 Å². The number of nitrogens with one attached hydrogen (secondary N) is 2. The first kappa shape index (κ1) is 12.0. The van der Waals surface area contributed by atoms with Crippen LogP contribution in [0, 0.1) is 0 Å². The SMILES string of the molecule is O=c1cc(O)cc(CCc2cc(O)cc(=O)[nH]2)[nH]1. The van der Waals surface area contributed by atoms with Gasteiger partial charge >= 0.3 is 0 Å². The molecule has 0 saturated carbocycles. The van der Waals surface area contributed by atoms with Crippen LogP contribution in [0.4, 0.5) is 0 Å². The van der Waals surface area contributed by atoms with Crippen molar-refractivity contribution in [2.24, 2.45) is 0 Å². The Balaban J connectivity index is 2.16. The molecule has 0 aliphatic rings. The molecule has 0 saturated heterocycles. The molecule has 0 bridgehead atoms. The summed E-state index contributed by atoms with van der Waals surface area (Å²) in [6, 6.07) is 5.06. The Kier molecular flexibility index (Phi) is 3.18. The number of aromatic hydroxyl groups is 2. The van der Waals surface area contributed by atoms with E-state index < -0.39 is 0 Å². The van der Waals surface area contributed by atoms with Gasteiger partial charge in [-0.3, -0.25) is 9.59 Å². The minimum atomic E-state index is -0.380. The second-order valence-electron chi connectivity index (χ2n) is 3.96. The second-order valence-corrected chi connectivity index (χ2v) is 3.96. The standard InChI is InChI=1S/C12H12N2O4/c15-9-3-7(13-11(17)5-9)1-2-8-4-10(16)6-12(18)14-8/h3-6H,1-2H2,(H2,13,15,17)(H2,14,16,18). The zero-order chi connectivity index (χ0) is 13.1. The van der Waals surface area contributed by atoms with Crippen LogP contribution in [0.2, 0.25) is 0 Å². The summed E-state index contributed by atoms with van der Waals surface area (Å²) in [5.41, 5.74) is 0.359. The van der Waals surface area contributed by atoms with Gasteiger partial charge in [-0.25, -0.2) is 0 Å². The average Bonchev–Trinajstić information content (AvgIpc) is 2.23. The Bertz CT molecular complexity index is 613. The second kappa shape index (κ2) is 4.79. The van der Waals surface area contributed by atoms with Crippen molar-refractivity contribution in [3.63, 3.8) is 0 Å². The molecule has 0 aliphatic carbocycles. The van der Waals surface area contributed by atoms with E-state index in [0.29, 0.717) is 24.2 Å². The summed E-state index contributed by atoms with van der Waals surface area (Å²) >= 11 is 0. The van der Waals surface area contributed by atoms with Crippen molar-refractivity contribution in [3.05, 3.63) is 56.4 Å². The largest absolute Gasteiger partial charge is 0.508 e. The van der Waals surface area contributed by atoms with Crippen LogP contribution >= 0.6 is 0 Å².